The minimum atomic E-state index is -4.46. The fraction of sp³-hybridized carbons (Fsp3) is 0.250. The molecular formula is C8H5ClF3N3. The maximum Gasteiger partial charge on any atom is 0.417 e. The Hall–Kier alpha value is -1.39. The van der Waals surface area contributed by atoms with Crippen LogP contribution < -0.4 is 0 Å². The van der Waals surface area contributed by atoms with Gasteiger partial charge in [-0.05, 0) is 23.2 Å². The first-order chi connectivity index (χ1) is 6.95. The summed E-state index contributed by atoms with van der Waals surface area (Å²) in [6.45, 7) is -0.0195. The molecule has 0 atom stereocenters. The van der Waals surface area contributed by atoms with Crippen molar-refractivity contribution in [2.24, 2.45) is 5.11 Å². The molecule has 0 spiro atoms. The monoisotopic (exact) mass is 235 g/mol. The van der Waals surface area contributed by atoms with Gasteiger partial charge in [0, 0.05) is 4.91 Å². The zero-order chi connectivity index (χ0) is 11.5. The summed E-state index contributed by atoms with van der Waals surface area (Å²) < 4.78 is 36.8. The Bertz CT molecular complexity index is 410. The molecule has 0 amide bonds. The average molecular weight is 236 g/mol. The maximum atomic E-state index is 12.3. The molecule has 1 aromatic carbocycles. The summed E-state index contributed by atoms with van der Waals surface area (Å²) in [4.78, 5) is 2.49. The summed E-state index contributed by atoms with van der Waals surface area (Å²) in [5.74, 6) is 0. The van der Waals surface area contributed by atoms with Crippen LogP contribution in [-0.2, 0) is 12.7 Å². The molecule has 0 N–H and O–H groups in total. The summed E-state index contributed by atoms with van der Waals surface area (Å²) in [7, 11) is 0. The highest BCUT2D eigenvalue weighted by Crippen LogP contribution is 2.34. The summed E-state index contributed by atoms with van der Waals surface area (Å²) >= 11 is 5.44. The molecule has 3 nitrogen and oxygen atoms in total. The molecule has 80 valence electrons. The van der Waals surface area contributed by atoms with Gasteiger partial charge in [0.15, 0.2) is 0 Å². The number of hydrogen-bond donors (Lipinski definition) is 0. The van der Waals surface area contributed by atoms with Gasteiger partial charge in [0.25, 0.3) is 0 Å². The van der Waals surface area contributed by atoms with Crippen LogP contribution in [0, 0.1) is 0 Å². The third-order valence-corrected chi connectivity index (χ3v) is 1.97. The van der Waals surface area contributed by atoms with E-state index in [0.29, 0.717) is 5.56 Å². The highest BCUT2D eigenvalue weighted by Gasteiger charge is 2.32. The summed E-state index contributed by atoms with van der Waals surface area (Å²) in [5, 5.41) is 2.82. The first-order valence-electron chi connectivity index (χ1n) is 3.81. The Balaban J connectivity index is 3.03. The van der Waals surface area contributed by atoms with Gasteiger partial charge in [0.05, 0.1) is 17.1 Å². The predicted molar refractivity (Wildman–Crippen MR) is 49.3 cm³/mol. The van der Waals surface area contributed by atoms with Crippen molar-refractivity contribution in [2.75, 3.05) is 0 Å². The third kappa shape index (κ3) is 3.04. The smallest absolute Gasteiger partial charge is 0.166 e. The molecule has 0 unspecified atom stereocenters. The molecule has 0 radical (unpaired) electrons. The largest absolute Gasteiger partial charge is 0.417 e. The number of nitrogens with zero attached hydrogens (tertiary/aromatic N) is 3. The molecule has 0 saturated carbocycles. The molecule has 1 aromatic rings. The van der Waals surface area contributed by atoms with Crippen LogP contribution in [0.25, 0.3) is 10.4 Å². The van der Waals surface area contributed by atoms with Gasteiger partial charge in [-0.25, -0.2) is 0 Å². The van der Waals surface area contributed by atoms with Crippen molar-refractivity contribution in [1.82, 2.24) is 0 Å². The molecular weight excluding hydrogens is 231 g/mol. The summed E-state index contributed by atoms with van der Waals surface area (Å²) in [6, 6.07) is 3.23. The molecule has 0 bridgehead atoms. The lowest BCUT2D eigenvalue weighted by Gasteiger charge is -2.09. The van der Waals surface area contributed by atoms with E-state index in [2.05, 4.69) is 10.0 Å². The standard InChI is InChI=1S/C8H5ClF3N3/c9-7-3-5(4-14-15-13)1-2-6(7)8(10,11)12/h1-3H,4H2. The molecule has 0 saturated heterocycles. The maximum absolute atomic E-state index is 12.3. The Morgan fingerprint density at radius 3 is 2.53 bits per heavy atom. The lowest BCUT2D eigenvalue weighted by molar-refractivity contribution is -0.137. The van der Waals surface area contributed by atoms with E-state index in [1.165, 1.54) is 6.07 Å². The normalized spacial score (nSPS) is 10.9. The number of alkyl halides is 3. The predicted octanol–water partition coefficient (Wildman–Crippen LogP) is 4.17. The van der Waals surface area contributed by atoms with Gasteiger partial charge in [0.1, 0.15) is 0 Å². The summed E-state index contributed by atoms with van der Waals surface area (Å²) in [5.41, 5.74) is 7.57. The number of rotatable bonds is 2. The van der Waals surface area contributed by atoms with Crippen LogP contribution in [0.4, 0.5) is 13.2 Å². The van der Waals surface area contributed by atoms with E-state index in [4.69, 9.17) is 17.1 Å². The molecule has 0 fully saturated rings. The molecule has 0 aromatic heterocycles. The first kappa shape index (κ1) is 11.7. The zero-order valence-electron chi connectivity index (χ0n) is 7.29. The summed E-state index contributed by atoms with van der Waals surface area (Å²) in [6.07, 6.45) is -4.46. The Kier molecular flexibility index (Phi) is 3.44. The van der Waals surface area contributed by atoms with Gasteiger partial charge in [-0.2, -0.15) is 13.2 Å². The Labute approximate surface area is 88.1 Å². The SMILES string of the molecule is [N-]=[N+]=NCc1ccc(C(F)(F)F)c(Cl)c1. The molecule has 0 aliphatic carbocycles. The highest BCUT2D eigenvalue weighted by atomic mass is 35.5. The van der Waals surface area contributed by atoms with Crippen molar-refractivity contribution >= 4 is 11.6 Å². The van der Waals surface area contributed by atoms with E-state index < -0.39 is 16.8 Å². The van der Waals surface area contributed by atoms with Crippen LogP contribution in [0.2, 0.25) is 5.02 Å². The van der Waals surface area contributed by atoms with Gasteiger partial charge in [-0.3, -0.25) is 0 Å². The van der Waals surface area contributed by atoms with Gasteiger partial charge in [0.2, 0.25) is 0 Å². The molecule has 0 aliphatic rings. The van der Waals surface area contributed by atoms with Crippen molar-refractivity contribution < 1.29 is 13.2 Å². The van der Waals surface area contributed by atoms with Gasteiger partial charge >= 0.3 is 6.18 Å². The van der Waals surface area contributed by atoms with E-state index in [1.54, 1.807) is 0 Å². The lowest BCUT2D eigenvalue weighted by Crippen LogP contribution is -2.05. The van der Waals surface area contributed by atoms with E-state index in [1.807, 2.05) is 0 Å². The fourth-order valence-corrected chi connectivity index (χ4v) is 1.31. The zero-order valence-corrected chi connectivity index (χ0v) is 8.05. The van der Waals surface area contributed by atoms with Crippen LogP contribution in [0.15, 0.2) is 23.3 Å². The minimum Gasteiger partial charge on any atom is -0.166 e. The van der Waals surface area contributed by atoms with Crippen molar-refractivity contribution in [3.63, 3.8) is 0 Å². The number of halogens is 4. The second-order valence-corrected chi connectivity index (χ2v) is 3.11. The number of azide groups is 1. The van der Waals surface area contributed by atoms with Crippen LogP contribution >= 0.6 is 11.6 Å². The van der Waals surface area contributed by atoms with Gasteiger partial charge < -0.3 is 0 Å². The molecule has 7 heteroatoms. The van der Waals surface area contributed by atoms with Gasteiger partial charge in [-0.1, -0.05) is 22.8 Å². The van der Waals surface area contributed by atoms with Crippen LogP contribution in [0.3, 0.4) is 0 Å². The van der Waals surface area contributed by atoms with Crippen LogP contribution in [0.1, 0.15) is 11.1 Å². The second-order valence-electron chi connectivity index (χ2n) is 2.70. The molecule has 15 heavy (non-hydrogen) atoms. The van der Waals surface area contributed by atoms with Crippen molar-refractivity contribution in [3.8, 4) is 0 Å². The van der Waals surface area contributed by atoms with E-state index in [0.717, 1.165) is 12.1 Å². The minimum absolute atomic E-state index is 0.0195. The van der Waals surface area contributed by atoms with Crippen LogP contribution in [-0.4, -0.2) is 0 Å². The second kappa shape index (κ2) is 4.42. The Morgan fingerprint density at radius 1 is 1.40 bits per heavy atom. The number of hydrogen-bond acceptors (Lipinski definition) is 1. The van der Waals surface area contributed by atoms with E-state index >= 15 is 0 Å². The molecule has 0 heterocycles. The van der Waals surface area contributed by atoms with Crippen molar-refractivity contribution in [1.29, 1.82) is 0 Å². The van der Waals surface area contributed by atoms with Crippen molar-refractivity contribution in [3.05, 3.63) is 44.8 Å². The number of benzene rings is 1. The lowest BCUT2D eigenvalue weighted by atomic mass is 10.1. The third-order valence-electron chi connectivity index (χ3n) is 1.66. The topological polar surface area (TPSA) is 48.8 Å². The Morgan fingerprint density at radius 2 is 2.07 bits per heavy atom. The van der Waals surface area contributed by atoms with E-state index in [9.17, 15) is 13.2 Å². The quantitative estimate of drug-likeness (QED) is 0.420. The highest BCUT2D eigenvalue weighted by molar-refractivity contribution is 6.31. The van der Waals surface area contributed by atoms with Crippen molar-refractivity contribution in [2.45, 2.75) is 12.7 Å². The fourth-order valence-electron chi connectivity index (χ4n) is 1.00. The molecule has 0 aliphatic heterocycles. The van der Waals surface area contributed by atoms with Crippen LogP contribution in [0.5, 0.6) is 0 Å². The first-order valence-corrected chi connectivity index (χ1v) is 4.19. The van der Waals surface area contributed by atoms with E-state index in [-0.39, 0.29) is 6.54 Å². The molecule has 1 rings (SSSR count). The average Bonchev–Trinajstić information content (AvgIpc) is 2.12. The van der Waals surface area contributed by atoms with Gasteiger partial charge in [-0.15, -0.1) is 0 Å².